The van der Waals surface area contributed by atoms with Gasteiger partial charge in [-0.25, -0.2) is 4.79 Å². The van der Waals surface area contributed by atoms with E-state index in [9.17, 15) is 9.59 Å². The van der Waals surface area contributed by atoms with Crippen molar-refractivity contribution in [2.24, 2.45) is 0 Å². The maximum Gasteiger partial charge on any atom is 0.348 e. The van der Waals surface area contributed by atoms with Crippen LogP contribution in [0, 0.1) is 0 Å². The molecule has 4 aromatic carbocycles. The number of esters is 1. The van der Waals surface area contributed by atoms with Crippen LogP contribution in [0.3, 0.4) is 0 Å². The van der Waals surface area contributed by atoms with Crippen molar-refractivity contribution in [2.45, 2.75) is 6.92 Å². The molecule has 2 heterocycles. The molecule has 2 aromatic heterocycles. The van der Waals surface area contributed by atoms with Gasteiger partial charge < -0.3 is 23.0 Å². The number of carbonyl (C=O) groups is 1. The van der Waals surface area contributed by atoms with Crippen LogP contribution < -0.4 is 19.6 Å². The summed E-state index contributed by atoms with van der Waals surface area (Å²) < 4.78 is 28.8. The fraction of sp³-hybridized carbons (Fsp3) is 0.0909. The second-order valence-electron chi connectivity index (χ2n) is 8.99. The Morgan fingerprint density at radius 2 is 1.57 bits per heavy atom. The van der Waals surface area contributed by atoms with Crippen molar-refractivity contribution < 1.29 is 27.8 Å². The number of benzene rings is 4. The summed E-state index contributed by atoms with van der Waals surface area (Å²) in [4.78, 5) is 26.9. The number of ether oxygens (including phenoxy) is 3. The number of rotatable bonds is 7. The molecule has 0 atom stereocenters. The normalized spacial score (nSPS) is 11.1. The molecule has 40 heavy (non-hydrogen) atoms. The lowest BCUT2D eigenvalue weighted by atomic mass is 10.0. The van der Waals surface area contributed by atoms with E-state index in [4.69, 9.17) is 23.0 Å². The predicted molar refractivity (Wildman–Crippen MR) is 152 cm³/mol. The molecule has 6 rings (SSSR count). The van der Waals surface area contributed by atoms with E-state index in [-0.39, 0.29) is 22.3 Å². The van der Waals surface area contributed by atoms with Crippen molar-refractivity contribution in [3.05, 3.63) is 113 Å². The summed E-state index contributed by atoms with van der Waals surface area (Å²) in [7, 11) is 1.55. The fourth-order valence-electron chi connectivity index (χ4n) is 4.71. The summed E-state index contributed by atoms with van der Waals surface area (Å²) in [6, 6.07) is 26.6. The van der Waals surface area contributed by atoms with Gasteiger partial charge in [-0.1, -0.05) is 48.5 Å². The monoisotopic (exact) mass is 532 g/mol. The molecular formula is C33H24O7. The van der Waals surface area contributed by atoms with E-state index < -0.39 is 5.97 Å². The molecule has 0 bridgehead atoms. The lowest BCUT2D eigenvalue weighted by Crippen LogP contribution is -2.10. The minimum atomic E-state index is -0.612. The van der Waals surface area contributed by atoms with E-state index in [1.165, 1.54) is 12.3 Å². The summed E-state index contributed by atoms with van der Waals surface area (Å²) in [6.07, 6.45) is 1.39. The number of hydrogen-bond donors (Lipinski definition) is 0. The third kappa shape index (κ3) is 4.47. The van der Waals surface area contributed by atoms with Gasteiger partial charge in [0.2, 0.25) is 5.43 Å². The summed E-state index contributed by atoms with van der Waals surface area (Å²) in [5.74, 6) is 1.18. The average Bonchev–Trinajstić information content (AvgIpc) is 3.37. The number of hydrogen-bond acceptors (Lipinski definition) is 7. The number of para-hydroxylation sites is 1. The summed E-state index contributed by atoms with van der Waals surface area (Å²) in [6.45, 7) is 2.37. The SMILES string of the molecule is CCOc1ccc2oc(-c3ccccc3)c(C(=O)Oc3ccc4c(=O)c(-c5ccccc5OC)coc4c3)c2c1. The van der Waals surface area contributed by atoms with Gasteiger partial charge in [0.15, 0.2) is 0 Å². The number of fused-ring (bicyclic) bond motifs is 2. The maximum absolute atomic E-state index is 13.6. The van der Waals surface area contributed by atoms with Crippen LogP contribution in [0.1, 0.15) is 17.3 Å². The number of furan rings is 1. The molecule has 0 saturated heterocycles. The van der Waals surface area contributed by atoms with Gasteiger partial charge in [-0.15, -0.1) is 0 Å². The molecule has 198 valence electrons. The van der Waals surface area contributed by atoms with Crippen LogP contribution >= 0.6 is 0 Å². The second kappa shape index (κ2) is 10.5. The van der Waals surface area contributed by atoms with Crippen molar-refractivity contribution >= 4 is 27.9 Å². The lowest BCUT2D eigenvalue weighted by molar-refractivity contribution is 0.0737. The van der Waals surface area contributed by atoms with Crippen LogP contribution in [0.2, 0.25) is 0 Å². The first kappa shape index (κ1) is 25.0. The summed E-state index contributed by atoms with van der Waals surface area (Å²) in [5, 5.41) is 0.923. The highest BCUT2D eigenvalue weighted by Crippen LogP contribution is 2.37. The van der Waals surface area contributed by atoms with Gasteiger partial charge in [-0.3, -0.25) is 4.79 Å². The van der Waals surface area contributed by atoms with Gasteiger partial charge in [0.05, 0.1) is 24.7 Å². The molecule has 0 N–H and O–H groups in total. The van der Waals surface area contributed by atoms with Crippen molar-refractivity contribution in [3.8, 4) is 39.7 Å². The van der Waals surface area contributed by atoms with Crippen LogP contribution in [0.5, 0.6) is 17.2 Å². The van der Waals surface area contributed by atoms with Gasteiger partial charge in [-0.05, 0) is 43.3 Å². The molecule has 0 unspecified atom stereocenters. The zero-order valence-corrected chi connectivity index (χ0v) is 21.8. The van der Waals surface area contributed by atoms with Gasteiger partial charge in [0, 0.05) is 22.6 Å². The van der Waals surface area contributed by atoms with Crippen LogP contribution in [0.25, 0.3) is 44.4 Å². The molecular weight excluding hydrogens is 508 g/mol. The molecule has 0 aliphatic heterocycles. The third-order valence-corrected chi connectivity index (χ3v) is 6.56. The minimum Gasteiger partial charge on any atom is -0.496 e. The summed E-state index contributed by atoms with van der Waals surface area (Å²) in [5.41, 5.74) is 2.60. The summed E-state index contributed by atoms with van der Waals surface area (Å²) >= 11 is 0. The van der Waals surface area contributed by atoms with E-state index >= 15 is 0 Å². The maximum atomic E-state index is 13.6. The quantitative estimate of drug-likeness (QED) is 0.155. The molecule has 0 spiro atoms. The molecule has 0 amide bonds. The van der Waals surface area contributed by atoms with Crippen molar-refractivity contribution in [1.29, 1.82) is 0 Å². The van der Waals surface area contributed by atoms with Gasteiger partial charge >= 0.3 is 5.97 Å². The van der Waals surface area contributed by atoms with E-state index in [1.807, 2.05) is 49.4 Å². The Labute approximate surface area is 229 Å². The highest BCUT2D eigenvalue weighted by atomic mass is 16.5. The zero-order valence-electron chi connectivity index (χ0n) is 21.8. The highest BCUT2D eigenvalue weighted by molar-refractivity contribution is 6.10. The molecule has 0 aliphatic carbocycles. The van der Waals surface area contributed by atoms with E-state index in [0.29, 0.717) is 51.3 Å². The first-order valence-corrected chi connectivity index (χ1v) is 12.7. The minimum absolute atomic E-state index is 0.222. The Morgan fingerprint density at radius 3 is 2.38 bits per heavy atom. The first-order valence-electron chi connectivity index (χ1n) is 12.7. The molecule has 0 radical (unpaired) electrons. The molecule has 7 nitrogen and oxygen atoms in total. The van der Waals surface area contributed by atoms with Gasteiger partial charge in [-0.2, -0.15) is 0 Å². The van der Waals surface area contributed by atoms with Gasteiger partial charge in [0.1, 0.15) is 46.0 Å². The van der Waals surface area contributed by atoms with Crippen LogP contribution in [-0.2, 0) is 0 Å². The largest absolute Gasteiger partial charge is 0.496 e. The Morgan fingerprint density at radius 1 is 0.800 bits per heavy atom. The Hall–Kier alpha value is -5.30. The highest BCUT2D eigenvalue weighted by Gasteiger charge is 2.25. The van der Waals surface area contributed by atoms with Gasteiger partial charge in [0.25, 0.3) is 0 Å². The van der Waals surface area contributed by atoms with Crippen molar-refractivity contribution in [1.82, 2.24) is 0 Å². The Bertz CT molecular complexity index is 1920. The molecule has 7 heteroatoms. The first-order chi connectivity index (χ1) is 19.6. The van der Waals surface area contributed by atoms with Crippen LogP contribution in [-0.4, -0.2) is 19.7 Å². The smallest absolute Gasteiger partial charge is 0.348 e. The standard InChI is InChI=1S/C33H24O7/c1-3-37-21-14-16-28-25(17-21)30(32(40-28)20-9-5-4-6-10-20)33(35)39-22-13-15-24-29(18-22)38-19-26(31(24)34)23-11-7-8-12-27(23)36-2/h4-19H,3H2,1-2H3. The van der Waals surface area contributed by atoms with E-state index in [0.717, 1.165) is 5.56 Å². The topological polar surface area (TPSA) is 88.1 Å². The molecule has 0 saturated carbocycles. The molecule has 0 aliphatic rings. The second-order valence-corrected chi connectivity index (χ2v) is 8.99. The van der Waals surface area contributed by atoms with Crippen molar-refractivity contribution in [3.63, 3.8) is 0 Å². The van der Waals surface area contributed by atoms with Crippen molar-refractivity contribution in [2.75, 3.05) is 13.7 Å². The van der Waals surface area contributed by atoms with Crippen LogP contribution in [0.4, 0.5) is 0 Å². The number of carbonyl (C=O) groups excluding carboxylic acids is 1. The predicted octanol–water partition coefficient (Wildman–Crippen LogP) is 7.50. The van der Waals surface area contributed by atoms with E-state index in [1.54, 1.807) is 49.6 Å². The molecule has 0 fully saturated rings. The van der Waals surface area contributed by atoms with Crippen LogP contribution in [0.15, 0.2) is 111 Å². The zero-order chi connectivity index (χ0) is 27.6. The Balaban J connectivity index is 1.39. The number of methoxy groups -OCH3 is 1. The lowest BCUT2D eigenvalue weighted by Gasteiger charge is -2.09. The van der Waals surface area contributed by atoms with E-state index in [2.05, 4.69) is 0 Å². The average molecular weight is 533 g/mol. The third-order valence-electron chi connectivity index (χ3n) is 6.56. The molecule has 6 aromatic rings. The Kier molecular flexibility index (Phi) is 6.54. The fourth-order valence-corrected chi connectivity index (χ4v) is 4.71.